The molecule has 5 nitrogen and oxygen atoms in total. The zero-order valence-electron chi connectivity index (χ0n) is 11.0. The van der Waals surface area contributed by atoms with Crippen molar-refractivity contribution in [3.63, 3.8) is 0 Å². The molecule has 0 unspecified atom stereocenters. The summed E-state index contributed by atoms with van der Waals surface area (Å²) in [6.45, 7) is -0.364. The average Bonchev–Trinajstić information content (AvgIpc) is 3.00. The number of rotatable bonds is 5. The summed E-state index contributed by atoms with van der Waals surface area (Å²) in [6.07, 6.45) is 0. The van der Waals surface area contributed by atoms with Crippen molar-refractivity contribution in [1.29, 1.82) is 0 Å². The molecule has 0 aliphatic rings. The highest BCUT2D eigenvalue weighted by atomic mass is 127. The van der Waals surface area contributed by atoms with Gasteiger partial charge in [0.05, 0.1) is 12.8 Å². The van der Waals surface area contributed by atoms with Crippen molar-refractivity contribution in [1.82, 2.24) is 0 Å². The number of halogens is 1. The van der Waals surface area contributed by atoms with Gasteiger partial charge in [-0.05, 0) is 58.3 Å². The molecule has 0 bridgehead atoms. The van der Waals surface area contributed by atoms with Crippen LogP contribution in [-0.4, -0.2) is 28.0 Å². The average molecular weight is 437 g/mol. The number of anilines is 1. The summed E-state index contributed by atoms with van der Waals surface area (Å²) in [6, 6.07) is 10.1. The number of hydrogen-bond acceptors (Lipinski definition) is 5. The molecule has 0 saturated heterocycles. The first-order valence-electron chi connectivity index (χ1n) is 5.84. The fourth-order valence-corrected chi connectivity index (χ4v) is 4.50. The molecule has 8 heteroatoms. The van der Waals surface area contributed by atoms with E-state index in [1.807, 2.05) is 0 Å². The Morgan fingerprint density at radius 2 is 1.95 bits per heavy atom. The van der Waals surface area contributed by atoms with Gasteiger partial charge in [0, 0.05) is 3.57 Å². The Bertz CT molecular complexity index is 711. The molecule has 2 rings (SSSR count). The summed E-state index contributed by atoms with van der Waals surface area (Å²) in [7, 11) is -2.55. The van der Waals surface area contributed by atoms with Crippen LogP contribution in [0.1, 0.15) is 0 Å². The second-order valence-electron chi connectivity index (χ2n) is 4.00. The van der Waals surface area contributed by atoms with E-state index in [9.17, 15) is 13.2 Å². The summed E-state index contributed by atoms with van der Waals surface area (Å²) in [5.41, 5.74) is 0.425. The van der Waals surface area contributed by atoms with Crippen molar-refractivity contribution in [3.05, 3.63) is 45.3 Å². The molecule has 0 atom stereocenters. The van der Waals surface area contributed by atoms with Crippen LogP contribution in [0.2, 0.25) is 0 Å². The molecular formula is C13H12INO4S2. The number of carbonyl (C=O) groups excluding carboxylic acids is 1. The third kappa shape index (κ3) is 3.74. The quantitative estimate of drug-likeness (QED) is 0.533. The maximum absolute atomic E-state index is 12.7. The first kappa shape index (κ1) is 16.2. The molecule has 1 aromatic heterocycles. The van der Waals surface area contributed by atoms with Gasteiger partial charge in [-0.25, -0.2) is 8.42 Å². The third-order valence-electron chi connectivity index (χ3n) is 2.65. The Morgan fingerprint density at radius 1 is 1.29 bits per heavy atom. The summed E-state index contributed by atoms with van der Waals surface area (Å²) in [5, 5.41) is 1.68. The van der Waals surface area contributed by atoms with Crippen LogP contribution in [0.4, 0.5) is 5.69 Å². The number of nitrogens with zero attached hydrogens (tertiary/aromatic N) is 1. The Hall–Kier alpha value is -1.13. The van der Waals surface area contributed by atoms with Gasteiger partial charge in [0.2, 0.25) is 0 Å². The second kappa shape index (κ2) is 6.75. The Kier molecular flexibility index (Phi) is 5.22. The standard InChI is InChI=1S/C13H12INO4S2/c1-19-12(16)9-15(11-6-4-10(14)5-7-11)21(17,18)13-3-2-8-20-13/h2-8H,9H2,1H3. The topological polar surface area (TPSA) is 63.7 Å². The fourth-order valence-electron chi connectivity index (χ4n) is 1.62. The normalized spacial score (nSPS) is 11.1. The maximum atomic E-state index is 12.7. The van der Waals surface area contributed by atoms with Gasteiger partial charge in [-0.1, -0.05) is 6.07 Å². The van der Waals surface area contributed by atoms with Crippen molar-refractivity contribution >= 4 is 55.6 Å². The van der Waals surface area contributed by atoms with E-state index in [2.05, 4.69) is 27.3 Å². The van der Waals surface area contributed by atoms with E-state index < -0.39 is 16.0 Å². The summed E-state index contributed by atoms with van der Waals surface area (Å²) in [5.74, 6) is -0.617. The minimum Gasteiger partial charge on any atom is -0.468 e. The molecule has 0 aliphatic heterocycles. The Labute approximate surface area is 140 Å². The van der Waals surface area contributed by atoms with Crippen LogP contribution in [0.15, 0.2) is 46.0 Å². The molecule has 0 amide bonds. The molecule has 0 aliphatic carbocycles. The maximum Gasteiger partial charge on any atom is 0.326 e. The lowest BCUT2D eigenvalue weighted by Gasteiger charge is -2.22. The van der Waals surface area contributed by atoms with E-state index in [4.69, 9.17) is 0 Å². The zero-order valence-corrected chi connectivity index (χ0v) is 14.8. The highest BCUT2D eigenvalue weighted by Crippen LogP contribution is 2.27. The van der Waals surface area contributed by atoms with E-state index in [0.29, 0.717) is 5.69 Å². The molecule has 112 valence electrons. The van der Waals surface area contributed by atoms with Gasteiger partial charge in [-0.3, -0.25) is 9.10 Å². The SMILES string of the molecule is COC(=O)CN(c1ccc(I)cc1)S(=O)(=O)c1cccs1. The van der Waals surface area contributed by atoms with Crippen molar-refractivity contribution in [2.75, 3.05) is 18.0 Å². The van der Waals surface area contributed by atoms with Gasteiger partial charge in [0.25, 0.3) is 10.0 Å². The predicted octanol–water partition coefficient (Wildman–Crippen LogP) is 2.72. The molecule has 1 aromatic carbocycles. The van der Waals surface area contributed by atoms with Gasteiger partial charge in [0.15, 0.2) is 0 Å². The Morgan fingerprint density at radius 3 is 2.48 bits per heavy atom. The van der Waals surface area contributed by atoms with Crippen LogP contribution in [0.25, 0.3) is 0 Å². The smallest absolute Gasteiger partial charge is 0.326 e. The number of benzene rings is 1. The first-order chi connectivity index (χ1) is 9.95. The molecule has 0 radical (unpaired) electrons. The van der Waals surface area contributed by atoms with Gasteiger partial charge < -0.3 is 4.74 Å². The highest BCUT2D eigenvalue weighted by Gasteiger charge is 2.28. The number of carbonyl (C=O) groups is 1. The molecule has 0 fully saturated rings. The Balaban J connectivity index is 2.46. The molecule has 0 N–H and O–H groups in total. The van der Waals surface area contributed by atoms with Gasteiger partial charge in [-0.2, -0.15) is 0 Å². The molecule has 0 spiro atoms. The van der Waals surface area contributed by atoms with Gasteiger partial charge in [-0.15, -0.1) is 11.3 Å². The minimum absolute atomic E-state index is 0.185. The minimum atomic E-state index is -3.78. The van der Waals surface area contributed by atoms with E-state index in [0.717, 1.165) is 19.2 Å². The second-order valence-corrected chi connectivity index (χ2v) is 8.28. The lowest BCUT2D eigenvalue weighted by Crippen LogP contribution is -2.35. The largest absolute Gasteiger partial charge is 0.468 e. The van der Waals surface area contributed by atoms with E-state index in [-0.39, 0.29) is 10.8 Å². The van der Waals surface area contributed by atoms with Crippen LogP contribution < -0.4 is 4.31 Å². The van der Waals surface area contributed by atoms with Crippen LogP contribution >= 0.6 is 33.9 Å². The lowest BCUT2D eigenvalue weighted by atomic mass is 10.3. The van der Waals surface area contributed by atoms with Crippen LogP contribution in [0, 0.1) is 3.57 Å². The molecule has 0 saturated carbocycles. The van der Waals surface area contributed by atoms with Crippen LogP contribution in [0.5, 0.6) is 0 Å². The van der Waals surface area contributed by atoms with Gasteiger partial charge >= 0.3 is 5.97 Å². The predicted molar refractivity (Wildman–Crippen MR) is 90.0 cm³/mol. The van der Waals surface area contributed by atoms with Crippen molar-refractivity contribution in [2.45, 2.75) is 4.21 Å². The molecule has 21 heavy (non-hydrogen) atoms. The zero-order chi connectivity index (χ0) is 15.5. The van der Waals surface area contributed by atoms with E-state index in [1.54, 1.807) is 35.7 Å². The van der Waals surface area contributed by atoms with Crippen molar-refractivity contribution in [2.24, 2.45) is 0 Å². The first-order valence-corrected chi connectivity index (χ1v) is 9.23. The number of hydrogen-bond donors (Lipinski definition) is 0. The summed E-state index contributed by atoms with van der Waals surface area (Å²) < 4.78 is 32.1. The molecule has 1 heterocycles. The molecule has 2 aromatic rings. The number of ether oxygens (including phenoxy) is 1. The number of methoxy groups -OCH3 is 1. The number of esters is 1. The third-order valence-corrected chi connectivity index (χ3v) is 6.52. The number of thiophene rings is 1. The lowest BCUT2D eigenvalue weighted by molar-refractivity contribution is -0.138. The summed E-state index contributed by atoms with van der Waals surface area (Å²) in [4.78, 5) is 11.6. The summed E-state index contributed by atoms with van der Waals surface area (Å²) >= 11 is 3.23. The van der Waals surface area contributed by atoms with Crippen molar-refractivity contribution in [3.8, 4) is 0 Å². The van der Waals surface area contributed by atoms with E-state index >= 15 is 0 Å². The van der Waals surface area contributed by atoms with Crippen LogP contribution in [-0.2, 0) is 19.6 Å². The number of sulfonamides is 1. The molecular weight excluding hydrogens is 425 g/mol. The fraction of sp³-hybridized carbons (Fsp3) is 0.154. The van der Waals surface area contributed by atoms with Crippen LogP contribution in [0.3, 0.4) is 0 Å². The monoisotopic (exact) mass is 437 g/mol. The highest BCUT2D eigenvalue weighted by molar-refractivity contribution is 14.1. The van der Waals surface area contributed by atoms with Gasteiger partial charge in [0.1, 0.15) is 10.8 Å². The van der Waals surface area contributed by atoms with E-state index in [1.165, 1.54) is 13.2 Å². The van der Waals surface area contributed by atoms with Crippen molar-refractivity contribution < 1.29 is 17.9 Å².